The maximum absolute atomic E-state index is 13.9. The van der Waals surface area contributed by atoms with Crippen molar-refractivity contribution < 1.29 is 23.5 Å². The number of likely N-dealkylation sites (tertiary alicyclic amines) is 1. The number of nitrogens with one attached hydrogen (secondary N) is 1. The summed E-state index contributed by atoms with van der Waals surface area (Å²) >= 11 is 0. The summed E-state index contributed by atoms with van der Waals surface area (Å²) in [5.74, 6) is 0.115. The number of carbonyl (C=O) groups is 2. The van der Waals surface area contributed by atoms with Gasteiger partial charge in [0.05, 0.1) is 5.56 Å². The Morgan fingerprint density at radius 1 is 1.00 bits per heavy atom. The first-order chi connectivity index (χ1) is 14.0. The van der Waals surface area contributed by atoms with E-state index in [2.05, 4.69) is 5.32 Å². The molecule has 2 aliphatic rings. The highest BCUT2D eigenvalue weighted by atomic mass is 19.1. The van der Waals surface area contributed by atoms with Crippen LogP contribution in [-0.4, -0.2) is 48.1 Å². The maximum Gasteiger partial charge on any atom is 0.265 e. The van der Waals surface area contributed by atoms with Crippen LogP contribution in [0.2, 0.25) is 0 Å². The number of halogens is 1. The number of ether oxygens (including phenoxy) is 2. The van der Waals surface area contributed by atoms with E-state index in [0.29, 0.717) is 37.4 Å². The fraction of sp³-hybridized carbons (Fsp3) is 0.364. The van der Waals surface area contributed by atoms with E-state index in [9.17, 15) is 14.0 Å². The molecule has 0 radical (unpaired) electrons. The molecule has 1 saturated heterocycles. The molecule has 2 amide bonds. The van der Waals surface area contributed by atoms with Crippen molar-refractivity contribution in [3.05, 3.63) is 59.9 Å². The highest BCUT2D eigenvalue weighted by molar-refractivity contribution is 5.94. The minimum absolute atomic E-state index is 0.0693. The summed E-state index contributed by atoms with van der Waals surface area (Å²) in [4.78, 5) is 26.9. The third-order valence-corrected chi connectivity index (χ3v) is 5.33. The van der Waals surface area contributed by atoms with Gasteiger partial charge in [0.2, 0.25) is 6.10 Å². The van der Waals surface area contributed by atoms with Gasteiger partial charge in [0.15, 0.2) is 11.5 Å². The molecule has 1 N–H and O–H groups in total. The molecule has 0 saturated carbocycles. The van der Waals surface area contributed by atoms with E-state index in [-0.39, 0.29) is 23.4 Å². The number of benzene rings is 2. The quantitative estimate of drug-likeness (QED) is 0.863. The van der Waals surface area contributed by atoms with E-state index in [1.54, 1.807) is 30.0 Å². The van der Waals surface area contributed by atoms with Crippen LogP contribution in [0, 0.1) is 5.82 Å². The average molecular weight is 398 g/mol. The monoisotopic (exact) mass is 398 g/mol. The van der Waals surface area contributed by atoms with Crippen LogP contribution in [0.4, 0.5) is 4.39 Å². The lowest BCUT2D eigenvalue weighted by atomic mass is 10.0. The zero-order valence-corrected chi connectivity index (χ0v) is 16.1. The average Bonchev–Trinajstić information content (AvgIpc) is 2.73. The number of rotatable bonds is 3. The van der Waals surface area contributed by atoms with Crippen LogP contribution < -0.4 is 14.8 Å². The Kier molecular flexibility index (Phi) is 5.38. The van der Waals surface area contributed by atoms with E-state index in [1.807, 2.05) is 18.2 Å². The van der Waals surface area contributed by atoms with Crippen LogP contribution >= 0.6 is 0 Å². The fourth-order valence-corrected chi connectivity index (χ4v) is 3.72. The van der Waals surface area contributed by atoms with Gasteiger partial charge in [0.1, 0.15) is 11.9 Å². The molecule has 0 bridgehead atoms. The summed E-state index contributed by atoms with van der Waals surface area (Å²) in [6.45, 7) is 2.72. The normalized spacial score (nSPS) is 21.5. The summed E-state index contributed by atoms with van der Waals surface area (Å²) < 4.78 is 25.5. The summed E-state index contributed by atoms with van der Waals surface area (Å²) in [5.41, 5.74) is 0.0789. The lowest BCUT2D eigenvalue weighted by Gasteiger charge is -2.35. The molecule has 6 nitrogen and oxygen atoms in total. The van der Waals surface area contributed by atoms with Gasteiger partial charge >= 0.3 is 0 Å². The summed E-state index contributed by atoms with van der Waals surface area (Å²) in [5, 5.41) is 3.00. The lowest BCUT2D eigenvalue weighted by molar-refractivity contribution is -0.134. The van der Waals surface area contributed by atoms with Gasteiger partial charge in [-0.2, -0.15) is 0 Å². The molecule has 0 unspecified atom stereocenters. The molecule has 7 heteroatoms. The smallest absolute Gasteiger partial charge is 0.265 e. The Bertz CT molecular complexity index is 911. The van der Waals surface area contributed by atoms with Gasteiger partial charge in [-0.3, -0.25) is 9.59 Å². The van der Waals surface area contributed by atoms with Crippen molar-refractivity contribution in [3.8, 4) is 11.5 Å². The predicted octanol–water partition coefficient (Wildman–Crippen LogP) is 2.78. The third-order valence-electron chi connectivity index (χ3n) is 5.33. The van der Waals surface area contributed by atoms with Crippen molar-refractivity contribution in [1.82, 2.24) is 10.2 Å². The Balaban J connectivity index is 1.32. The van der Waals surface area contributed by atoms with E-state index in [4.69, 9.17) is 9.47 Å². The van der Waals surface area contributed by atoms with E-state index >= 15 is 0 Å². The molecule has 2 atom stereocenters. The maximum atomic E-state index is 13.9. The number of piperidine rings is 1. The highest BCUT2D eigenvalue weighted by Crippen LogP contribution is 2.33. The van der Waals surface area contributed by atoms with Crippen molar-refractivity contribution in [2.75, 3.05) is 13.1 Å². The number of para-hydroxylation sites is 2. The third kappa shape index (κ3) is 4.04. The van der Waals surface area contributed by atoms with Gasteiger partial charge in [-0.25, -0.2) is 4.39 Å². The minimum Gasteiger partial charge on any atom is -0.482 e. The van der Waals surface area contributed by atoms with Crippen LogP contribution in [0.3, 0.4) is 0 Å². The Labute approximate surface area is 168 Å². The lowest BCUT2D eigenvalue weighted by Crippen LogP contribution is -2.54. The van der Waals surface area contributed by atoms with E-state index in [0.717, 1.165) is 0 Å². The molecule has 0 spiro atoms. The van der Waals surface area contributed by atoms with Gasteiger partial charge in [-0.05, 0) is 44.0 Å². The molecule has 2 aromatic carbocycles. The molecule has 0 aliphatic carbocycles. The summed E-state index contributed by atoms with van der Waals surface area (Å²) in [6.07, 6.45) is 0.0604. The molecule has 2 aromatic rings. The number of nitrogens with zero attached hydrogens (tertiary/aromatic N) is 1. The topological polar surface area (TPSA) is 67.9 Å². The molecule has 29 heavy (non-hydrogen) atoms. The van der Waals surface area contributed by atoms with Gasteiger partial charge in [-0.1, -0.05) is 24.3 Å². The largest absolute Gasteiger partial charge is 0.482 e. The zero-order valence-electron chi connectivity index (χ0n) is 16.1. The van der Waals surface area contributed by atoms with Gasteiger partial charge < -0.3 is 19.7 Å². The van der Waals surface area contributed by atoms with Crippen LogP contribution in [0.15, 0.2) is 48.5 Å². The summed E-state index contributed by atoms with van der Waals surface area (Å²) in [6, 6.07) is 13.2. The first-order valence-corrected chi connectivity index (χ1v) is 9.79. The second-order valence-corrected chi connectivity index (χ2v) is 7.36. The van der Waals surface area contributed by atoms with Crippen LogP contribution in [0.5, 0.6) is 11.5 Å². The molecule has 152 valence electrons. The second-order valence-electron chi connectivity index (χ2n) is 7.36. The predicted molar refractivity (Wildman–Crippen MR) is 104 cm³/mol. The number of fused-ring (bicyclic) bond motifs is 1. The molecule has 2 heterocycles. The van der Waals surface area contributed by atoms with Crippen LogP contribution in [-0.2, 0) is 4.79 Å². The number of hydrogen-bond acceptors (Lipinski definition) is 4. The van der Waals surface area contributed by atoms with Crippen molar-refractivity contribution >= 4 is 11.8 Å². The molecular formula is C22H23FN2O4. The number of amides is 2. The van der Waals surface area contributed by atoms with Gasteiger partial charge in [0, 0.05) is 19.1 Å². The zero-order chi connectivity index (χ0) is 20.4. The van der Waals surface area contributed by atoms with E-state index < -0.39 is 18.0 Å². The first-order valence-electron chi connectivity index (χ1n) is 9.79. The van der Waals surface area contributed by atoms with Crippen molar-refractivity contribution in [1.29, 1.82) is 0 Å². The highest BCUT2D eigenvalue weighted by Gasteiger charge is 2.35. The van der Waals surface area contributed by atoms with E-state index in [1.165, 1.54) is 12.1 Å². The molecule has 2 aliphatic heterocycles. The number of carbonyl (C=O) groups excluding carboxylic acids is 2. The van der Waals surface area contributed by atoms with Gasteiger partial charge in [-0.15, -0.1) is 0 Å². The van der Waals surface area contributed by atoms with Crippen molar-refractivity contribution in [2.24, 2.45) is 0 Å². The van der Waals surface area contributed by atoms with Gasteiger partial charge in [0.25, 0.3) is 11.8 Å². The first kappa shape index (κ1) is 19.2. The number of hydrogen-bond donors (Lipinski definition) is 1. The SMILES string of the molecule is C[C@@H]1Oc2ccccc2O[C@H]1C(=O)NC1CCN(C(=O)c2ccccc2F)CC1. The Morgan fingerprint density at radius 2 is 1.62 bits per heavy atom. The summed E-state index contributed by atoms with van der Waals surface area (Å²) in [7, 11) is 0. The standard InChI is InChI=1S/C22H23FN2O4/c1-14-20(29-19-9-5-4-8-18(19)28-14)21(26)24-15-10-12-25(13-11-15)22(27)16-6-2-3-7-17(16)23/h2-9,14-15,20H,10-13H2,1H3,(H,24,26)/t14-,20+/m0/s1. The van der Waals surface area contributed by atoms with Crippen LogP contribution in [0.1, 0.15) is 30.1 Å². The second kappa shape index (κ2) is 8.11. The molecular weight excluding hydrogens is 375 g/mol. The fourth-order valence-electron chi connectivity index (χ4n) is 3.72. The molecule has 1 fully saturated rings. The Hall–Kier alpha value is -3.09. The minimum atomic E-state index is -0.733. The van der Waals surface area contributed by atoms with Crippen LogP contribution in [0.25, 0.3) is 0 Å². The Morgan fingerprint density at radius 3 is 2.31 bits per heavy atom. The molecule has 4 rings (SSSR count). The van der Waals surface area contributed by atoms with Crippen molar-refractivity contribution in [3.63, 3.8) is 0 Å². The molecule has 0 aromatic heterocycles. The van der Waals surface area contributed by atoms with Crippen molar-refractivity contribution in [2.45, 2.75) is 38.0 Å².